The van der Waals surface area contributed by atoms with E-state index in [9.17, 15) is 0 Å². The topological polar surface area (TPSA) is 13.0 Å². The van der Waals surface area contributed by atoms with Crippen molar-refractivity contribution >= 4 is 85.7 Å². The van der Waals surface area contributed by atoms with Gasteiger partial charge in [-0.3, -0.25) is 0 Å². The number of hydrogen-bond acceptors (Lipinski definition) is 4. The van der Waals surface area contributed by atoms with Crippen LogP contribution in [0, 0.1) is 0 Å². The molecule has 390 valence electrons. The van der Waals surface area contributed by atoms with Crippen molar-refractivity contribution in [3.05, 3.63) is 204 Å². The lowest BCUT2D eigenvalue weighted by Gasteiger charge is -2.51. The molecule has 8 aromatic carbocycles. The van der Waals surface area contributed by atoms with Crippen LogP contribution >= 0.6 is 0 Å². The second-order valence-corrected chi connectivity index (χ2v) is 27.5. The summed E-state index contributed by atoms with van der Waals surface area (Å²) in [6.45, 7) is 33.1. The molecule has 0 saturated heterocycles. The van der Waals surface area contributed by atoms with E-state index in [1.165, 1.54) is 120 Å². The van der Waals surface area contributed by atoms with Crippen molar-refractivity contribution in [1.82, 2.24) is 0 Å². The number of benzene rings is 8. The smallest absolute Gasteiger partial charge is 0.252 e. The molecular weight excluding hydrogens is 932 g/mol. The highest BCUT2D eigenvalue weighted by Crippen LogP contribution is 2.63. The highest BCUT2D eigenvalue weighted by molar-refractivity contribution is 7.00. The first-order valence-electron chi connectivity index (χ1n) is 28.6. The van der Waals surface area contributed by atoms with Crippen LogP contribution in [0.3, 0.4) is 0 Å². The Hall–Kier alpha value is -6.98. The molecule has 3 aliphatic heterocycles. The number of nitrogens with zero attached hydrogens (tertiary/aromatic N) is 4. The monoisotopic (exact) mass is 1010 g/mol. The number of fused-ring (bicyclic) bond motifs is 7. The molecule has 0 bridgehead atoms. The van der Waals surface area contributed by atoms with E-state index in [4.69, 9.17) is 0 Å². The third kappa shape index (κ3) is 8.24. The second-order valence-electron chi connectivity index (χ2n) is 27.5. The van der Waals surface area contributed by atoms with Gasteiger partial charge in [-0.2, -0.15) is 0 Å². The molecule has 1 aliphatic carbocycles. The van der Waals surface area contributed by atoms with Crippen molar-refractivity contribution in [3.8, 4) is 0 Å². The molecule has 0 spiro atoms. The van der Waals surface area contributed by atoms with Crippen LogP contribution in [0.5, 0.6) is 0 Å². The summed E-state index contributed by atoms with van der Waals surface area (Å²) in [5.74, 6) is 0. The van der Waals surface area contributed by atoms with Gasteiger partial charge < -0.3 is 19.6 Å². The van der Waals surface area contributed by atoms with Gasteiger partial charge in [0.2, 0.25) is 0 Å². The van der Waals surface area contributed by atoms with Crippen LogP contribution in [-0.2, 0) is 27.1 Å². The highest BCUT2D eigenvalue weighted by Gasteiger charge is 2.58. The average Bonchev–Trinajstić information content (AvgIpc) is 3.81. The zero-order valence-electron chi connectivity index (χ0n) is 48.4. The summed E-state index contributed by atoms with van der Waals surface area (Å²) in [7, 11) is 0. The largest absolute Gasteiger partial charge is 0.334 e. The van der Waals surface area contributed by atoms with Crippen LogP contribution in [-0.4, -0.2) is 12.3 Å². The molecule has 0 N–H and O–H groups in total. The van der Waals surface area contributed by atoms with Gasteiger partial charge >= 0.3 is 0 Å². The molecule has 2 atom stereocenters. The van der Waals surface area contributed by atoms with Crippen molar-refractivity contribution in [3.63, 3.8) is 0 Å². The lowest BCUT2D eigenvalue weighted by Crippen LogP contribution is -2.61. The van der Waals surface area contributed by atoms with Crippen molar-refractivity contribution in [2.24, 2.45) is 0 Å². The Bertz CT molecular complexity index is 3510. The Labute approximate surface area is 461 Å². The maximum atomic E-state index is 2.81. The second kappa shape index (κ2) is 17.8. The van der Waals surface area contributed by atoms with Gasteiger partial charge in [0.05, 0.1) is 5.54 Å². The van der Waals surface area contributed by atoms with Crippen molar-refractivity contribution < 1.29 is 0 Å². The number of rotatable bonds is 6. The molecule has 8 aromatic rings. The summed E-state index contributed by atoms with van der Waals surface area (Å²) >= 11 is 0. The van der Waals surface area contributed by atoms with Crippen LogP contribution in [0.25, 0.3) is 0 Å². The Morgan fingerprint density at radius 3 is 1.51 bits per heavy atom. The standard InChI is InChI=1S/C72H79BN4/c1-67(2,3)48-29-34-53(35-30-48)74(54-36-31-49(32-37-54)68(4,5)6)56-38-40-61-58(45-56)71(13)41-20-21-42-72(71,14)77(61)57-46-64-66-65(47-57)76(55-26-22-23-50(43-55)69(7,8)9)63-44-51(70(10,11)12)33-39-60(63)73(66)59-27-18-19-28-62(59)75(64)52-24-16-15-17-25-52/h15-19,22-40,43-47H,20-21,41-42H2,1-14H3. The summed E-state index contributed by atoms with van der Waals surface area (Å²) in [6, 6.07) is 68.4. The normalized spacial score (nSPS) is 18.8. The van der Waals surface area contributed by atoms with E-state index in [0.717, 1.165) is 12.8 Å². The van der Waals surface area contributed by atoms with Gasteiger partial charge in [-0.15, -0.1) is 0 Å². The third-order valence-corrected chi connectivity index (χ3v) is 18.4. The molecule has 4 aliphatic rings. The Morgan fingerprint density at radius 2 is 0.896 bits per heavy atom. The molecule has 12 rings (SSSR count). The van der Waals surface area contributed by atoms with Crippen molar-refractivity contribution in [2.75, 3.05) is 19.6 Å². The molecule has 0 amide bonds. The molecule has 1 fully saturated rings. The van der Waals surface area contributed by atoms with Crippen LogP contribution in [0.2, 0.25) is 0 Å². The summed E-state index contributed by atoms with van der Waals surface area (Å²) in [5.41, 5.74) is 23.9. The van der Waals surface area contributed by atoms with E-state index in [2.05, 4.69) is 292 Å². The summed E-state index contributed by atoms with van der Waals surface area (Å²) < 4.78 is 0. The Balaban J connectivity index is 1.12. The first-order chi connectivity index (χ1) is 36.5. The predicted octanol–water partition coefficient (Wildman–Crippen LogP) is 18.2. The van der Waals surface area contributed by atoms with Gasteiger partial charge in [0.1, 0.15) is 0 Å². The lowest BCUT2D eigenvalue weighted by molar-refractivity contribution is 0.195. The summed E-state index contributed by atoms with van der Waals surface area (Å²) in [6.07, 6.45) is 4.61. The molecule has 4 nitrogen and oxygen atoms in total. The quantitative estimate of drug-likeness (QED) is 0.154. The zero-order valence-corrected chi connectivity index (χ0v) is 48.4. The molecule has 0 radical (unpaired) electrons. The summed E-state index contributed by atoms with van der Waals surface area (Å²) in [5, 5.41) is 0. The fraction of sp³-hybridized carbons (Fsp3) is 0.333. The molecule has 2 unspecified atom stereocenters. The van der Waals surface area contributed by atoms with Gasteiger partial charge in [-0.1, -0.05) is 188 Å². The van der Waals surface area contributed by atoms with Gasteiger partial charge in [0.15, 0.2) is 0 Å². The van der Waals surface area contributed by atoms with Crippen molar-refractivity contribution in [1.29, 1.82) is 0 Å². The molecule has 77 heavy (non-hydrogen) atoms. The highest BCUT2D eigenvalue weighted by atomic mass is 15.3. The van der Waals surface area contributed by atoms with E-state index < -0.39 is 0 Å². The Kier molecular flexibility index (Phi) is 11.7. The first kappa shape index (κ1) is 50.8. The minimum atomic E-state index is -0.215. The van der Waals surface area contributed by atoms with E-state index in [0.29, 0.717) is 0 Å². The zero-order chi connectivity index (χ0) is 54.2. The third-order valence-electron chi connectivity index (χ3n) is 18.4. The fourth-order valence-electron chi connectivity index (χ4n) is 13.7. The van der Waals surface area contributed by atoms with Gasteiger partial charge in [0.25, 0.3) is 6.71 Å². The van der Waals surface area contributed by atoms with Crippen LogP contribution in [0.15, 0.2) is 176 Å². The molecule has 1 saturated carbocycles. The molecular formula is C72H79BN4. The number of anilines is 11. The van der Waals surface area contributed by atoms with E-state index in [-0.39, 0.29) is 39.3 Å². The van der Waals surface area contributed by atoms with Crippen LogP contribution in [0.1, 0.15) is 150 Å². The SMILES string of the molecule is CC(C)(C)c1ccc(N(c2ccc(C(C)(C)C)cc2)c2ccc3c(c2)C2(C)CCCCC2(C)N3c2cc3c4c(c2)N(c2cccc(C(C)(C)C)c2)c2cc(C(C)(C)C)ccc2B4c2ccccc2N3c2ccccc2)cc1. The molecule has 5 heteroatoms. The van der Waals surface area contributed by atoms with E-state index in [1.54, 1.807) is 0 Å². The van der Waals surface area contributed by atoms with Crippen LogP contribution < -0.4 is 36.0 Å². The van der Waals surface area contributed by atoms with Gasteiger partial charge in [0, 0.05) is 68.0 Å². The Morgan fingerprint density at radius 1 is 0.390 bits per heavy atom. The minimum absolute atomic E-state index is 0.0288. The van der Waals surface area contributed by atoms with Gasteiger partial charge in [-0.05, 0) is 177 Å². The predicted molar refractivity (Wildman–Crippen MR) is 333 cm³/mol. The summed E-state index contributed by atoms with van der Waals surface area (Å²) in [4.78, 5) is 10.5. The molecule has 3 heterocycles. The number of para-hydroxylation sites is 2. The first-order valence-corrected chi connectivity index (χ1v) is 28.6. The molecule has 0 aromatic heterocycles. The van der Waals surface area contributed by atoms with Crippen LogP contribution in [0.4, 0.5) is 62.6 Å². The maximum Gasteiger partial charge on any atom is 0.252 e. The average molecular weight is 1010 g/mol. The van der Waals surface area contributed by atoms with Gasteiger partial charge in [-0.25, -0.2) is 0 Å². The number of hydrogen-bond donors (Lipinski definition) is 0. The lowest BCUT2D eigenvalue weighted by atomic mass is 9.33. The van der Waals surface area contributed by atoms with Crippen molar-refractivity contribution in [2.45, 2.75) is 155 Å². The minimum Gasteiger partial charge on any atom is -0.334 e. The van der Waals surface area contributed by atoms with E-state index in [1.807, 2.05) is 0 Å². The fourth-order valence-corrected chi connectivity index (χ4v) is 13.7. The maximum absolute atomic E-state index is 2.81. The van der Waals surface area contributed by atoms with E-state index >= 15 is 0 Å².